The van der Waals surface area contributed by atoms with Crippen LogP contribution in [0.2, 0.25) is 5.02 Å². The van der Waals surface area contributed by atoms with Gasteiger partial charge in [-0.25, -0.2) is 4.98 Å². The summed E-state index contributed by atoms with van der Waals surface area (Å²) in [6.07, 6.45) is 4.20. The van der Waals surface area contributed by atoms with Gasteiger partial charge in [-0.3, -0.25) is 9.59 Å². The van der Waals surface area contributed by atoms with Crippen molar-refractivity contribution in [1.29, 1.82) is 0 Å². The van der Waals surface area contributed by atoms with Gasteiger partial charge in [0, 0.05) is 55.0 Å². The molecule has 2 aliphatic heterocycles. The summed E-state index contributed by atoms with van der Waals surface area (Å²) in [7, 11) is 0. The number of imidazole rings is 1. The molecule has 1 aromatic heterocycles. The van der Waals surface area contributed by atoms with E-state index < -0.39 is 11.7 Å². The van der Waals surface area contributed by atoms with E-state index in [1.54, 1.807) is 30.5 Å². The molecule has 29 heavy (non-hydrogen) atoms. The summed E-state index contributed by atoms with van der Waals surface area (Å²) in [4.78, 5) is 31.7. The molecule has 2 amide bonds. The third-order valence-corrected chi connectivity index (χ3v) is 5.85. The Morgan fingerprint density at radius 1 is 1.31 bits per heavy atom. The van der Waals surface area contributed by atoms with Crippen molar-refractivity contribution in [2.75, 3.05) is 18.4 Å². The largest absolute Gasteiger partial charge is 0.352 e. The number of ether oxygens (including phenoxy) is 1. The van der Waals surface area contributed by atoms with Crippen LogP contribution in [-0.4, -0.2) is 45.5 Å². The zero-order chi connectivity index (χ0) is 20.6. The number of benzene rings is 1. The zero-order valence-corrected chi connectivity index (χ0v) is 17.4. The van der Waals surface area contributed by atoms with Gasteiger partial charge < -0.3 is 19.5 Å². The van der Waals surface area contributed by atoms with Crippen LogP contribution in [0.5, 0.6) is 0 Å². The molecular formula is C21H25ClN4O3. The van der Waals surface area contributed by atoms with Crippen LogP contribution in [0.3, 0.4) is 0 Å². The standard InChI is InChI=1S/C21H25ClN4O3/c1-14(2)19(28)25-9-6-21(7-10-25)20-23-8-11-26(20)13-17(29-21)18(27)24-16-5-3-4-15(22)12-16/h3-5,8,11-12,14,17H,6-7,9-10,13H2,1-2H3,(H,24,27). The molecule has 4 rings (SSSR count). The number of halogens is 1. The van der Waals surface area contributed by atoms with Crippen LogP contribution in [-0.2, 0) is 26.5 Å². The Morgan fingerprint density at radius 3 is 2.76 bits per heavy atom. The van der Waals surface area contributed by atoms with Gasteiger partial charge in [0.2, 0.25) is 5.91 Å². The number of piperidine rings is 1. The number of carbonyl (C=O) groups is 2. The Hall–Kier alpha value is -2.38. The lowest BCUT2D eigenvalue weighted by Gasteiger charge is -2.45. The van der Waals surface area contributed by atoms with E-state index in [0.717, 1.165) is 5.82 Å². The van der Waals surface area contributed by atoms with E-state index in [0.29, 0.717) is 43.2 Å². The fraction of sp³-hybridized carbons (Fsp3) is 0.476. The van der Waals surface area contributed by atoms with Crippen molar-refractivity contribution in [3.05, 3.63) is 47.5 Å². The van der Waals surface area contributed by atoms with E-state index >= 15 is 0 Å². The fourth-order valence-electron chi connectivity index (χ4n) is 4.12. The Bertz CT molecular complexity index is 918. The average molecular weight is 417 g/mol. The second-order valence-corrected chi connectivity index (χ2v) is 8.42. The predicted octanol–water partition coefficient (Wildman–Crippen LogP) is 3.05. The second-order valence-electron chi connectivity index (χ2n) is 7.98. The lowest BCUT2D eigenvalue weighted by molar-refractivity contribution is -0.173. The van der Waals surface area contributed by atoms with E-state index in [1.165, 1.54) is 0 Å². The highest BCUT2D eigenvalue weighted by Gasteiger charge is 2.47. The number of hydrogen-bond donors (Lipinski definition) is 1. The van der Waals surface area contributed by atoms with Gasteiger partial charge in [-0.15, -0.1) is 0 Å². The lowest BCUT2D eigenvalue weighted by Crippen LogP contribution is -2.54. The van der Waals surface area contributed by atoms with E-state index in [2.05, 4.69) is 10.3 Å². The SMILES string of the molecule is CC(C)C(=O)N1CCC2(CC1)OC(C(=O)Nc1cccc(Cl)c1)Cn1ccnc12. The average Bonchev–Trinajstić information content (AvgIpc) is 3.18. The summed E-state index contributed by atoms with van der Waals surface area (Å²) in [5.41, 5.74) is -0.0276. The van der Waals surface area contributed by atoms with E-state index in [-0.39, 0.29) is 17.7 Å². The Labute approximate surface area is 175 Å². The molecule has 154 valence electrons. The summed E-state index contributed by atoms with van der Waals surface area (Å²) < 4.78 is 8.38. The van der Waals surface area contributed by atoms with E-state index in [1.807, 2.05) is 29.5 Å². The minimum atomic E-state index is -0.661. The molecule has 2 aromatic rings. The zero-order valence-electron chi connectivity index (χ0n) is 16.6. The first-order valence-corrected chi connectivity index (χ1v) is 10.3. The van der Waals surface area contributed by atoms with Crippen molar-refractivity contribution in [3.63, 3.8) is 0 Å². The van der Waals surface area contributed by atoms with Crippen LogP contribution in [0, 0.1) is 5.92 Å². The summed E-state index contributed by atoms with van der Waals surface area (Å²) in [5, 5.41) is 3.45. The Morgan fingerprint density at radius 2 is 2.07 bits per heavy atom. The predicted molar refractivity (Wildman–Crippen MR) is 110 cm³/mol. The highest BCUT2D eigenvalue weighted by Crippen LogP contribution is 2.40. The molecule has 1 atom stereocenters. The maximum Gasteiger partial charge on any atom is 0.255 e. The number of anilines is 1. The molecule has 0 bridgehead atoms. The Balaban J connectivity index is 1.52. The van der Waals surface area contributed by atoms with Crippen LogP contribution < -0.4 is 5.32 Å². The normalized spacial score (nSPS) is 20.6. The van der Waals surface area contributed by atoms with Crippen molar-refractivity contribution in [1.82, 2.24) is 14.5 Å². The summed E-state index contributed by atoms with van der Waals surface area (Å²) >= 11 is 6.02. The lowest BCUT2D eigenvalue weighted by atomic mass is 9.88. The molecule has 1 aromatic carbocycles. The van der Waals surface area contributed by atoms with E-state index in [4.69, 9.17) is 16.3 Å². The first-order chi connectivity index (χ1) is 13.9. The van der Waals surface area contributed by atoms with Crippen LogP contribution >= 0.6 is 11.6 Å². The van der Waals surface area contributed by atoms with Gasteiger partial charge in [-0.2, -0.15) is 0 Å². The highest BCUT2D eigenvalue weighted by molar-refractivity contribution is 6.30. The smallest absolute Gasteiger partial charge is 0.255 e. The number of nitrogens with one attached hydrogen (secondary N) is 1. The molecule has 3 heterocycles. The first kappa shape index (κ1) is 19.9. The molecule has 1 fully saturated rings. The minimum Gasteiger partial charge on any atom is -0.352 e. The van der Waals surface area contributed by atoms with Crippen molar-refractivity contribution in [3.8, 4) is 0 Å². The molecule has 2 aliphatic rings. The number of hydrogen-bond acceptors (Lipinski definition) is 4. The monoisotopic (exact) mass is 416 g/mol. The van der Waals surface area contributed by atoms with Gasteiger partial charge in [0.1, 0.15) is 11.4 Å². The second kappa shape index (κ2) is 7.80. The molecule has 0 radical (unpaired) electrons. The third-order valence-electron chi connectivity index (χ3n) is 5.61. The first-order valence-electron chi connectivity index (χ1n) is 9.93. The number of fused-ring (bicyclic) bond motifs is 2. The molecule has 1 spiro atoms. The fourth-order valence-corrected chi connectivity index (χ4v) is 4.31. The van der Waals surface area contributed by atoms with Crippen LogP contribution in [0.25, 0.3) is 0 Å². The summed E-state index contributed by atoms with van der Waals surface area (Å²) in [6.45, 7) is 5.40. The molecular weight excluding hydrogens is 392 g/mol. The maximum absolute atomic E-state index is 12.9. The van der Waals surface area contributed by atoms with Crippen LogP contribution in [0.1, 0.15) is 32.5 Å². The highest BCUT2D eigenvalue weighted by atomic mass is 35.5. The molecule has 1 saturated heterocycles. The molecule has 8 heteroatoms. The van der Waals surface area contributed by atoms with E-state index in [9.17, 15) is 9.59 Å². The van der Waals surface area contributed by atoms with Gasteiger partial charge in [-0.05, 0) is 18.2 Å². The summed E-state index contributed by atoms with van der Waals surface area (Å²) in [5.74, 6) is 0.733. The minimum absolute atomic E-state index is 0.0328. The van der Waals surface area contributed by atoms with Crippen LogP contribution in [0.4, 0.5) is 5.69 Å². The number of likely N-dealkylation sites (tertiary alicyclic amines) is 1. The number of nitrogens with zero attached hydrogens (tertiary/aromatic N) is 3. The molecule has 7 nitrogen and oxygen atoms in total. The maximum atomic E-state index is 12.9. The topological polar surface area (TPSA) is 76.5 Å². The molecule has 1 N–H and O–H groups in total. The van der Waals surface area contributed by atoms with Gasteiger partial charge in [0.15, 0.2) is 6.10 Å². The van der Waals surface area contributed by atoms with Crippen molar-refractivity contribution < 1.29 is 14.3 Å². The number of aromatic nitrogens is 2. The van der Waals surface area contributed by atoms with Gasteiger partial charge in [0.05, 0.1) is 6.54 Å². The third kappa shape index (κ3) is 3.89. The van der Waals surface area contributed by atoms with Crippen LogP contribution in [0.15, 0.2) is 36.7 Å². The number of rotatable bonds is 3. The molecule has 0 aliphatic carbocycles. The van der Waals surface area contributed by atoms with Crippen molar-refractivity contribution >= 4 is 29.1 Å². The van der Waals surface area contributed by atoms with Crippen molar-refractivity contribution in [2.24, 2.45) is 5.92 Å². The van der Waals surface area contributed by atoms with Gasteiger partial charge >= 0.3 is 0 Å². The number of carbonyl (C=O) groups excluding carboxylic acids is 2. The molecule has 1 unspecified atom stereocenters. The van der Waals surface area contributed by atoms with Crippen molar-refractivity contribution in [2.45, 2.75) is 44.9 Å². The van der Waals surface area contributed by atoms with Gasteiger partial charge in [0.25, 0.3) is 5.91 Å². The number of amides is 2. The molecule has 0 saturated carbocycles. The van der Waals surface area contributed by atoms with Gasteiger partial charge in [-0.1, -0.05) is 31.5 Å². The quantitative estimate of drug-likeness (QED) is 0.834. The summed E-state index contributed by atoms with van der Waals surface area (Å²) in [6, 6.07) is 7.04. The Kier molecular flexibility index (Phi) is 5.36.